The van der Waals surface area contributed by atoms with E-state index in [0.29, 0.717) is 5.92 Å². The molecule has 0 radical (unpaired) electrons. The van der Waals surface area contributed by atoms with Crippen LogP contribution in [0.4, 0.5) is 0 Å². The molecule has 2 aliphatic heterocycles. The van der Waals surface area contributed by atoms with E-state index >= 15 is 0 Å². The third kappa shape index (κ3) is 1.63. The van der Waals surface area contributed by atoms with E-state index in [1.165, 1.54) is 29.7 Å². The van der Waals surface area contributed by atoms with Crippen LogP contribution in [0, 0.1) is 0 Å². The van der Waals surface area contributed by atoms with Gasteiger partial charge in [0, 0.05) is 6.42 Å². The molecule has 1 saturated heterocycles. The highest BCUT2D eigenvalue weighted by atomic mass is 16.5. The van der Waals surface area contributed by atoms with Gasteiger partial charge in [-0.1, -0.05) is 18.2 Å². The van der Waals surface area contributed by atoms with E-state index in [9.17, 15) is 0 Å². The Morgan fingerprint density at radius 1 is 1.20 bits per heavy atom. The summed E-state index contributed by atoms with van der Waals surface area (Å²) in [6.45, 7) is 3.17. The van der Waals surface area contributed by atoms with Crippen molar-refractivity contribution in [3.8, 4) is 5.75 Å². The van der Waals surface area contributed by atoms with Gasteiger partial charge in [-0.2, -0.15) is 0 Å². The average molecular weight is 203 g/mol. The van der Waals surface area contributed by atoms with Gasteiger partial charge < -0.3 is 10.1 Å². The van der Waals surface area contributed by atoms with Gasteiger partial charge in [0.05, 0.1) is 6.61 Å². The van der Waals surface area contributed by atoms with Crippen molar-refractivity contribution in [2.24, 2.45) is 0 Å². The molecule has 2 nitrogen and oxygen atoms in total. The van der Waals surface area contributed by atoms with Crippen LogP contribution in [0.5, 0.6) is 5.75 Å². The van der Waals surface area contributed by atoms with Gasteiger partial charge in [-0.05, 0) is 43.0 Å². The van der Waals surface area contributed by atoms with Crippen LogP contribution >= 0.6 is 0 Å². The van der Waals surface area contributed by atoms with Crippen molar-refractivity contribution in [2.75, 3.05) is 19.7 Å². The normalized spacial score (nSPS) is 21.1. The summed E-state index contributed by atoms with van der Waals surface area (Å²) in [5.41, 5.74) is 2.86. The molecule has 1 aromatic carbocycles. The van der Waals surface area contributed by atoms with Crippen LogP contribution in [-0.2, 0) is 6.42 Å². The Morgan fingerprint density at radius 3 is 2.93 bits per heavy atom. The van der Waals surface area contributed by atoms with Gasteiger partial charge in [0.15, 0.2) is 0 Å². The third-order valence-electron chi connectivity index (χ3n) is 3.52. The average Bonchev–Trinajstić information content (AvgIpc) is 2.78. The third-order valence-corrected chi connectivity index (χ3v) is 3.52. The lowest BCUT2D eigenvalue weighted by atomic mass is 9.88. The molecule has 1 aromatic rings. The van der Waals surface area contributed by atoms with Gasteiger partial charge in [-0.3, -0.25) is 0 Å². The largest absolute Gasteiger partial charge is 0.493 e. The zero-order chi connectivity index (χ0) is 10.1. The topological polar surface area (TPSA) is 21.3 Å². The fourth-order valence-corrected chi connectivity index (χ4v) is 2.70. The summed E-state index contributed by atoms with van der Waals surface area (Å²) in [7, 11) is 0. The maximum absolute atomic E-state index is 5.76. The quantitative estimate of drug-likeness (QED) is 0.754. The summed E-state index contributed by atoms with van der Waals surface area (Å²) >= 11 is 0. The first-order valence-corrected chi connectivity index (χ1v) is 5.90. The van der Waals surface area contributed by atoms with Gasteiger partial charge in [-0.15, -0.1) is 0 Å². The predicted molar refractivity (Wildman–Crippen MR) is 60.5 cm³/mol. The Kier molecular flexibility index (Phi) is 2.37. The lowest BCUT2D eigenvalue weighted by Crippen LogP contribution is -2.26. The Bertz CT molecular complexity index is 356. The monoisotopic (exact) mass is 203 g/mol. The zero-order valence-corrected chi connectivity index (χ0v) is 8.96. The molecule has 2 heterocycles. The first-order valence-electron chi connectivity index (χ1n) is 5.90. The first kappa shape index (κ1) is 9.22. The molecule has 0 amide bonds. The van der Waals surface area contributed by atoms with E-state index in [2.05, 4.69) is 23.5 Å². The minimum atomic E-state index is 0.708. The number of ether oxygens (including phenoxy) is 1. The molecular formula is C13H17NO. The van der Waals surface area contributed by atoms with Crippen molar-refractivity contribution in [3.05, 3.63) is 29.3 Å². The highest BCUT2D eigenvalue weighted by molar-refractivity contribution is 5.46. The van der Waals surface area contributed by atoms with E-state index in [4.69, 9.17) is 4.74 Å². The number of rotatable bonds is 1. The van der Waals surface area contributed by atoms with Crippen molar-refractivity contribution in [1.82, 2.24) is 5.32 Å². The molecule has 1 fully saturated rings. The molecule has 0 saturated carbocycles. The van der Waals surface area contributed by atoms with Crippen LogP contribution < -0.4 is 10.1 Å². The summed E-state index contributed by atoms with van der Waals surface area (Å²) < 4.78 is 5.76. The molecule has 1 N–H and O–H groups in total. The van der Waals surface area contributed by atoms with Gasteiger partial charge in [0.25, 0.3) is 0 Å². The summed E-state index contributed by atoms with van der Waals surface area (Å²) in [5, 5.41) is 3.41. The molecule has 0 spiro atoms. The molecule has 0 aromatic heterocycles. The SMILES string of the molecule is c1cc2c(c(C3CCNCC3)c1)OCC2. The summed E-state index contributed by atoms with van der Waals surface area (Å²) in [5.74, 6) is 1.91. The lowest BCUT2D eigenvalue weighted by molar-refractivity contribution is 0.346. The molecule has 0 atom stereocenters. The lowest BCUT2D eigenvalue weighted by Gasteiger charge is -2.24. The van der Waals surface area contributed by atoms with Crippen molar-refractivity contribution >= 4 is 0 Å². The number of fused-ring (bicyclic) bond motifs is 1. The molecule has 2 aliphatic rings. The predicted octanol–water partition coefficient (Wildman–Crippen LogP) is 2.09. The molecule has 80 valence electrons. The summed E-state index contributed by atoms with van der Waals surface area (Å²) in [4.78, 5) is 0. The van der Waals surface area contributed by atoms with E-state index < -0.39 is 0 Å². The number of nitrogens with one attached hydrogen (secondary N) is 1. The van der Waals surface area contributed by atoms with Crippen molar-refractivity contribution in [2.45, 2.75) is 25.2 Å². The Balaban J connectivity index is 1.93. The van der Waals surface area contributed by atoms with Crippen LogP contribution in [0.25, 0.3) is 0 Å². The zero-order valence-electron chi connectivity index (χ0n) is 8.96. The van der Waals surface area contributed by atoms with Gasteiger partial charge >= 0.3 is 0 Å². The molecule has 0 aliphatic carbocycles. The number of piperidine rings is 1. The molecule has 0 unspecified atom stereocenters. The van der Waals surface area contributed by atoms with Crippen LogP contribution in [0.2, 0.25) is 0 Å². The van der Waals surface area contributed by atoms with Gasteiger partial charge in [0.2, 0.25) is 0 Å². The fraction of sp³-hybridized carbons (Fsp3) is 0.538. The van der Waals surface area contributed by atoms with Crippen LogP contribution in [-0.4, -0.2) is 19.7 Å². The molecular weight excluding hydrogens is 186 g/mol. The second-order valence-corrected chi connectivity index (χ2v) is 4.46. The molecule has 15 heavy (non-hydrogen) atoms. The Hall–Kier alpha value is -1.02. The van der Waals surface area contributed by atoms with Crippen molar-refractivity contribution in [1.29, 1.82) is 0 Å². The standard InChI is InChI=1S/C13H17NO/c1-2-11-6-9-15-13(11)12(3-1)10-4-7-14-8-5-10/h1-3,10,14H,4-9H2. The second kappa shape index (κ2) is 3.86. The maximum atomic E-state index is 5.76. The smallest absolute Gasteiger partial charge is 0.126 e. The van der Waals surface area contributed by atoms with E-state index in [1.807, 2.05) is 0 Å². The van der Waals surface area contributed by atoms with Crippen LogP contribution in [0.15, 0.2) is 18.2 Å². The van der Waals surface area contributed by atoms with E-state index in [0.717, 1.165) is 26.1 Å². The van der Waals surface area contributed by atoms with Crippen molar-refractivity contribution < 1.29 is 4.74 Å². The first-order chi connectivity index (χ1) is 7.45. The number of hydrogen-bond acceptors (Lipinski definition) is 2. The molecule has 3 rings (SSSR count). The maximum Gasteiger partial charge on any atom is 0.126 e. The highest BCUT2D eigenvalue weighted by Gasteiger charge is 2.23. The number of hydrogen-bond donors (Lipinski definition) is 1. The minimum absolute atomic E-state index is 0.708. The van der Waals surface area contributed by atoms with Crippen molar-refractivity contribution in [3.63, 3.8) is 0 Å². The summed E-state index contributed by atoms with van der Waals surface area (Å²) in [6, 6.07) is 6.64. The Morgan fingerprint density at radius 2 is 2.07 bits per heavy atom. The second-order valence-electron chi connectivity index (χ2n) is 4.46. The highest BCUT2D eigenvalue weighted by Crippen LogP contribution is 2.37. The minimum Gasteiger partial charge on any atom is -0.493 e. The molecule has 0 bridgehead atoms. The van der Waals surface area contributed by atoms with E-state index in [-0.39, 0.29) is 0 Å². The molecule has 2 heteroatoms. The fourth-order valence-electron chi connectivity index (χ4n) is 2.70. The summed E-state index contributed by atoms with van der Waals surface area (Å²) in [6.07, 6.45) is 3.59. The van der Waals surface area contributed by atoms with Crippen LogP contribution in [0.1, 0.15) is 29.9 Å². The Labute approximate surface area is 90.6 Å². The van der Waals surface area contributed by atoms with E-state index in [1.54, 1.807) is 0 Å². The van der Waals surface area contributed by atoms with Gasteiger partial charge in [0.1, 0.15) is 5.75 Å². The number of benzene rings is 1. The number of para-hydroxylation sites is 1. The van der Waals surface area contributed by atoms with Gasteiger partial charge in [-0.25, -0.2) is 0 Å². The van der Waals surface area contributed by atoms with Crippen LogP contribution in [0.3, 0.4) is 0 Å².